The van der Waals surface area contributed by atoms with E-state index in [2.05, 4.69) is 6.26 Å². The van der Waals surface area contributed by atoms with Crippen molar-refractivity contribution in [3.05, 3.63) is 0 Å². The molecule has 1 unspecified atom stereocenters. The summed E-state index contributed by atoms with van der Waals surface area (Å²) in [6.07, 6.45) is 5.97. The lowest BCUT2D eigenvalue weighted by Crippen LogP contribution is -2.64. The first-order valence-electron chi connectivity index (χ1n) is 4.76. The third-order valence-corrected chi connectivity index (χ3v) is 4.63. The molecule has 1 aliphatic heterocycles. The van der Waals surface area contributed by atoms with Crippen LogP contribution >= 0.6 is 11.8 Å². The third kappa shape index (κ3) is 1.46. The van der Waals surface area contributed by atoms with Gasteiger partial charge in [0.2, 0.25) is 5.91 Å². The number of β-lactam (4-membered cyclic amide) rings is 1. The second kappa shape index (κ2) is 3.17. The lowest BCUT2D eigenvalue weighted by molar-refractivity contribution is -0.143. The Bertz CT molecular complexity index is 222. The first kappa shape index (κ1) is 9.34. The van der Waals surface area contributed by atoms with Gasteiger partial charge >= 0.3 is 0 Å². The molecular formula is C9H16N2OS. The maximum atomic E-state index is 11.3. The van der Waals surface area contributed by atoms with Crippen LogP contribution in [0.2, 0.25) is 0 Å². The first-order valence-corrected chi connectivity index (χ1v) is 5.99. The Morgan fingerprint density at radius 2 is 2.38 bits per heavy atom. The zero-order valence-electron chi connectivity index (χ0n) is 7.95. The summed E-state index contributed by atoms with van der Waals surface area (Å²) >= 11 is 1.91. The Kier molecular flexibility index (Phi) is 2.28. The van der Waals surface area contributed by atoms with Gasteiger partial charge in [0.25, 0.3) is 0 Å². The highest BCUT2D eigenvalue weighted by atomic mass is 32.2. The minimum Gasteiger partial charge on any atom is -0.338 e. The van der Waals surface area contributed by atoms with Crippen LogP contribution in [0.25, 0.3) is 0 Å². The van der Waals surface area contributed by atoms with Crippen LogP contribution in [0.4, 0.5) is 0 Å². The van der Waals surface area contributed by atoms with Crippen LogP contribution in [0.15, 0.2) is 0 Å². The van der Waals surface area contributed by atoms with E-state index in [-0.39, 0.29) is 11.9 Å². The van der Waals surface area contributed by atoms with Crippen molar-refractivity contribution in [3.63, 3.8) is 0 Å². The maximum absolute atomic E-state index is 11.3. The van der Waals surface area contributed by atoms with Gasteiger partial charge in [-0.25, -0.2) is 0 Å². The van der Waals surface area contributed by atoms with Gasteiger partial charge in [-0.3, -0.25) is 4.79 Å². The molecule has 1 atom stereocenters. The second-order valence-corrected chi connectivity index (χ2v) is 5.34. The Labute approximate surface area is 83.0 Å². The van der Waals surface area contributed by atoms with Crippen molar-refractivity contribution in [1.29, 1.82) is 0 Å². The molecule has 74 valence electrons. The number of rotatable bonds is 3. The zero-order valence-corrected chi connectivity index (χ0v) is 8.77. The maximum Gasteiger partial charge on any atom is 0.241 e. The van der Waals surface area contributed by atoms with E-state index in [1.165, 1.54) is 19.3 Å². The van der Waals surface area contributed by atoms with Crippen LogP contribution in [0.1, 0.15) is 19.3 Å². The number of thioether (sulfide) groups is 1. The number of hydrogen-bond acceptors (Lipinski definition) is 3. The number of likely N-dealkylation sites (tertiary alicyclic amines) is 1. The van der Waals surface area contributed by atoms with E-state index in [4.69, 9.17) is 5.73 Å². The van der Waals surface area contributed by atoms with E-state index in [1.807, 2.05) is 16.7 Å². The smallest absolute Gasteiger partial charge is 0.241 e. The Morgan fingerprint density at radius 3 is 2.69 bits per heavy atom. The minimum absolute atomic E-state index is 0.139. The fraction of sp³-hybridized carbons (Fsp3) is 0.889. The summed E-state index contributed by atoms with van der Waals surface area (Å²) in [5, 5.41) is 0. The number of amides is 1. The van der Waals surface area contributed by atoms with Crippen LogP contribution in [-0.2, 0) is 4.79 Å². The standard InChI is InChI=1S/C9H16N2OS/c1-13-9(3-2-4-9)6-11-5-7(10)8(11)12/h7H,2-6,10H2,1H3. The van der Waals surface area contributed by atoms with Gasteiger partial charge < -0.3 is 10.6 Å². The van der Waals surface area contributed by atoms with Crippen LogP contribution in [-0.4, -0.2) is 40.9 Å². The van der Waals surface area contributed by atoms with Gasteiger partial charge in [0, 0.05) is 17.8 Å². The van der Waals surface area contributed by atoms with Crippen molar-refractivity contribution in [2.45, 2.75) is 30.1 Å². The van der Waals surface area contributed by atoms with Gasteiger partial charge in [-0.1, -0.05) is 6.42 Å². The molecule has 13 heavy (non-hydrogen) atoms. The molecule has 1 amide bonds. The lowest BCUT2D eigenvalue weighted by atomic mass is 9.83. The van der Waals surface area contributed by atoms with Gasteiger partial charge in [-0.05, 0) is 19.1 Å². The van der Waals surface area contributed by atoms with Crippen LogP contribution in [0, 0.1) is 0 Å². The molecule has 0 aromatic heterocycles. The van der Waals surface area contributed by atoms with E-state index in [0.717, 1.165) is 13.1 Å². The molecule has 0 radical (unpaired) electrons. The van der Waals surface area contributed by atoms with Gasteiger partial charge in [0.15, 0.2) is 0 Å². The summed E-state index contributed by atoms with van der Waals surface area (Å²) in [5.74, 6) is 0.139. The van der Waals surface area contributed by atoms with Gasteiger partial charge in [-0.15, -0.1) is 0 Å². The highest BCUT2D eigenvalue weighted by Crippen LogP contribution is 2.43. The van der Waals surface area contributed by atoms with E-state index in [1.54, 1.807) is 0 Å². The number of hydrogen-bond donors (Lipinski definition) is 1. The molecule has 1 aliphatic carbocycles. The van der Waals surface area contributed by atoms with E-state index in [9.17, 15) is 4.79 Å². The fourth-order valence-corrected chi connectivity index (χ4v) is 3.00. The summed E-state index contributed by atoms with van der Waals surface area (Å²) < 4.78 is 0.371. The molecule has 0 aromatic carbocycles. The summed E-state index contributed by atoms with van der Waals surface area (Å²) in [5.41, 5.74) is 5.53. The number of carbonyl (C=O) groups excluding carboxylic acids is 1. The highest BCUT2D eigenvalue weighted by molar-refractivity contribution is 8.00. The van der Waals surface area contributed by atoms with Crippen molar-refractivity contribution in [2.24, 2.45) is 5.73 Å². The molecule has 2 N–H and O–H groups in total. The van der Waals surface area contributed by atoms with Crippen LogP contribution < -0.4 is 5.73 Å². The van der Waals surface area contributed by atoms with E-state index >= 15 is 0 Å². The lowest BCUT2D eigenvalue weighted by Gasteiger charge is -2.47. The number of nitrogens with two attached hydrogens (primary N) is 1. The molecule has 1 heterocycles. The molecule has 1 saturated carbocycles. The fourth-order valence-electron chi connectivity index (χ4n) is 2.02. The predicted molar refractivity (Wildman–Crippen MR) is 54.7 cm³/mol. The quantitative estimate of drug-likeness (QED) is 0.673. The molecule has 3 nitrogen and oxygen atoms in total. The topological polar surface area (TPSA) is 46.3 Å². The van der Waals surface area contributed by atoms with Crippen LogP contribution in [0.3, 0.4) is 0 Å². The summed E-state index contributed by atoms with van der Waals surface area (Å²) in [6, 6.07) is -0.209. The summed E-state index contributed by atoms with van der Waals surface area (Å²) in [7, 11) is 0. The van der Waals surface area contributed by atoms with Crippen molar-refractivity contribution in [2.75, 3.05) is 19.3 Å². The van der Waals surface area contributed by atoms with E-state index < -0.39 is 0 Å². The predicted octanol–water partition coefficient (Wildman–Crippen LogP) is 0.442. The molecule has 2 aliphatic rings. The normalized spacial score (nSPS) is 31.1. The second-order valence-electron chi connectivity index (χ2n) is 4.07. The van der Waals surface area contributed by atoms with E-state index in [0.29, 0.717) is 4.75 Å². The van der Waals surface area contributed by atoms with Crippen molar-refractivity contribution in [1.82, 2.24) is 4.90 Å². The Balaban J connectivity index is 1.87. The third-order valence-electron chi connectivity index (χ3n) is 3.22. The molecule has 1 saturated heterocycles. The zero-order chi connectivity index (χ0) is 9.47. The van der Waals surface area contributed by atoms with Crippen molar-refractivity contribution < 1.29 is 4.79 Å². The highest BCUT2D eigenvalue weighted by Gasteiger charge is 2.43. The monoisotopic (exact) mass is 200 g/mol. The molecular weight excluding hydrogens is 184 g/mol. The molecule has 2 fully saturated rings. The molecule has 2 rings (SSSR count). The number of nitrogens with zero attached hydrogens (tertiary/aromatic N) is 1. The summed E-state index contributed by atoms with van der Waals surface area (Å²) in [6.45, 7) is 1.68. The molecule has 0 aromatic rings. The van der Waals surface area contributed by atoms with Crippen molar-refractivity contribution >= 4 is 17.7 Å². The van der Waals surface area contributed by atoms with Gasteiger partial charge in [0.05, 0.1) is 0 Å². The van der Waals surface area contributed by atoms with Crippen molar-refractivity contribution in [3.8, 4) is 0 Å². The minimum atomic E-state index is -0.209. The SMILES string of the molecule is CSC1(CN2CC(N)C2=O)CCC1. The average Bonchev–Trinajstić information content (AvgIpc) is 2.09. The van der Waals surface area contributed by atoms with Gasteiger partial charge in [0.1, 0.15) is 6.04 Å². The Hall–Kier alpha value is -0.220. The first-order chi connectivity index (χ1) is 6.17. The Morgan fingerprint density at radius 1 is 1.69 bits per heavy atom. The van der Waals surface area contributed by atoms with Gasteiger partial charge in [-0.2, -0.15) is 11.8 Å². The van der Waals surface area contributed by atoms with Crippen LogP contribution in [0.5, 0.6) is 0 Å². The number of carbonyl (C=O) groups is 1. The molecule has 4 heteroatoms. The molecule has 0 bridgehead atoms. The summed E-state index contributed by atoms with van der Waals surface area (Å²) in [4.78, 5) is 13.2. The average molecular weight is 200 g/mol. The largest absolute Gasteiger partial charge is 0.338 e. The molecule has 0 spiro atoms.